The van der Waals surface area contributed by atoms with Gasteiger partial charge in [-0.15, -0.1) is 5.10 Å². The fourth-order valence-corrected chi connectivity index (χ4v) is 2.11. The van der Waals surface area contributed by atoms with Crippen molar-refractivity contribution in [1.29, 1.82) is 0 Å². The van der Waals surface area contributed by atoms with E-state index in [0.29, 0.717) is 0 Å². The minimum atomic E-state index is 0.741. The molecule has 1 aromatic carbocycles. The Morgan fingerprint density at radius 3 is 2.80 bits per heavy atom. The van der Waals surface area contributed by atoms with Crippen molar-refractivity contribution in [3.63, 3.8) is 0 Å². The van der Waals surface area contributed by atoms with Crippen LogP contribution in [0.25, 0.3) is 16.7 Å². The van der Waals surface area contributed by atoms with E-state index in [9.17, 15) is 0 Å². The van der Waals surface area contributed by atoms with Crippen molar-refractivity contribution in [3.05, 3.63) is 48.3 Å². The summed E-state index contributed by atoms with van der Waals surface area (Å²) in [4.78, 5) is 0. The number of rotatable bonds is 5. The van der Waals surface area contributed by atoms with Crippen molar-refractivity contribution in [2.24, 2.45) is 0 Å². The van der Waals surface area contributed by atoms with Gasteiger partial charge < -0.3 is 5.32 Å². The summed E-state index contributed by atoms with van der Waals surface area (Å²) < 4.78 is 1.81. The molecule has 0 unspecified atom stereocenters. The van der Waals surface area contributed by atoms with E-state index in [1.54, 1.807) is 0 Å². The summed E-state index contributed by atoms with van der Waals surface area (Å²) in [7, 11) is 0. The third-order valence-electron chi connectivity index (χ3n) is 3.13. The van der Waals surface area contributed by atoms with Crippen LogP contribution in [0.2, 0.25) is 0 Å². The van der Waals surface area contributed by atoms with Crippen molar-refractivity contribution in [2.45, 2.75) is 19.9 Å². The fourth-order valence-electron chi connectivity index (χ4n) is 2.11. The Hall–Kier alpha value is -2.27. The Kier molecular flexibility index (Phi) is 3.69. The number of fused-ring (bicyclic) bond motifs is 1. The average Bonchev–Trinajstić information content (AvgIpc) is 2.92. The Morgan fingerprint density at radius 1 is 1.10 bits per heavy atom. The zero-order valence-electron chi connectivity index (χ0n) is 11.5. The van der Waals surface area contributed by atoms with Crippen LogP contribution in [0.3, 0.4) is 0 Å². The molecule has 20 heavy (non-hydrogen) atoms. The van der Waals surface area contributed by atoms with Crippen molar-refractivity contribution < 1.29 is 0 Å². The molecule has 0 aliphatic rings. The summed E-state index contributed by atoms with van der Waals surface area (Å²) in [5.74, 6) is 0.741. The van der Waals surface area contributed by atoms with Crippen molar-refractivity contribution in [1.82, 2.24) is 25.3 Å². The van der Waals surface area contributed by atoms with E-state index in [0.717, 1.165) is 41.9 Å². The molecule has 2 heterocycles. The van der Waals surface area contributed by atoms with Gasteiger partial charge in [0.25, 0.3) is 0 Å². The van der Waals surface area contributed by atoms with Crippen LogP contribution in [0.5, 0.6) is 0 Å². The van der Waals surface area contributed by atoms with Crippen molar-refractivity contribution >= 4 is 10.9 Å². The molecular weight excluding hydrogens is 250 g/mol. The third kappa shape index (κ3) is 2.53. The van der Waals surface area contributed by atoms with Gasteiger partial charge in [-0.25, -0.2) is 4.68 Å². The van der Waals surface area contributed by atoms with E-state index in [1.165, 1.54) is 0 Å². The smallest absolute Gasteiger partial charge is 0.176 e. The minimum Gasteiger partial charge on any atom is -0.311 e. The molecule has 0 radical (unpaired) electrons. The van der Waals surface area contributed by atoms with Gasteiger partial charge in [-0.3, -0.25) is 0 Å². The average molecular weight is 267 g/mol. The molecule has 0 aliphatic heterocycles. The van der Waals surface area contributed by atoms with Gasteiger partial charge in [-0.2, -0.15) is 10.2 Å². The van der Waals surface area contributed by atoms with Gasteiger partial charge in [0.05, 0.1) is 17.4 Å². The van der Waals surface area contributed by atoms with E-state index < -0.39 is 0 Å². The Bertz CT molecular complexity index is 687. The molecule has 0 saturated carbocycles. The first-order valence-electron chi connectivity index (χ1n) is 6.85. The Labute approximate surface area is 117 Å². The zero-order chi connectivity index (χ0) is 13.8. The van der Waals surface area contributed by atoms with Crippen LogP contribution in [-0.2, 0) is 6.54 Å². The second-order valence-electron chi connectivity index (χ2n) is 4.67. The topological polar surface area (TPSA) is 55.6 Å². The predicted octanol–water partition coefficient (Wildman–Crippen LogP) is 2.32. The lowest BCUT2D eigenvalue weighted by Gasteiger charge is -2.04. The molecule has 0 amide bonds. The van der Waals surface area contributed by atoms with Crippen LogP contribution in [0.15, 0.2) is 42.6 Å². The lowest BCUT2D eigenvalue weighted by molar-refractivity contribution is 0.654. The van der Waals surface area contributed by atoms with Gasteiger partial charge >= 0.3 is 0 Å². The van der Waals surface area contributed by atoms with Gasteiger partial charge in [-0.05, 0) is 31.2 Å². The number of benzene rings is 1. The number of hydrogen-bond acceptors (Lipinski definition) is 4. The van der Waals surface area contributed by atoms with Crippen LogP contribution in [-0.4, -0.2) is 26.5 Å². The van der Waals surface area contributed by atoms with Crippen molar-refractivity contribution in [3.8, 4) is 5.82 Å². The highest BCUT2D eigenvalue weighted by Crippen LogP contribution is 2.15. The number of para-hydroxylation sites is 1. The molecule has 0 spiro atoms. The maximum Gasteiger partial charge on any atom is 0.176 e. The number of hydrogen-bond donors (Lipinski definition) is 1. The number of aromatic nitrogens is 4. The summed E-state index contributed by atoms with van der Waals surface area (Å²) in [6, 6.07) is 12.0. The summed E-state index contributed by atoms with van der Waals surface area (Å²) in [5, 5.41) is 17.3. The van der Waals surface area contributed by atoms with E-state index in [1.807, 2.05) is 47.3 Å². The predicted molar refractivity (Wildman–Crippen MR) is 78.7 cm³/mol. The fraction of sp³-hybridized carbons (Fsp3) is 0.267. The van der Waals surface area contributed by atoms with E-state index in [2.05, 4.69) is 27.5 Å². The van der Waals surface area contributed by atoms with Crippen LogP contribution < -0.4 is 5.32 Å². The maximum absolute atomic E-state index is 4.37. The second-order valence-corrected chi connectivity index (χ2v) is 4.67. The lowest BCUT2D eigenvalue weighted by atomic mass is 10.2. The second kappa shape index (κ2) is 5.79. The SMILES string of the molecule is CCCNCc1ccc(-n2ncc3ccccc32)nn1. The molecule has 2 aromatic heterocycles. The first kappa shape index (κ1) is 12.7. The summed E-state index contributed by atoms with van der Waals surface area (Å²) >= 11 is 0. The van der Waals surface area contributed by atoms with Crippen LogP contribution in [0.1, 0.15) is 19.0 Å². The van der Waals surface area contributed by atoms with Crippen LogP contribution in [0.4, 0.5) is 0 Å². The molecule has 0 saturated heterocycles. The van der Waals surface area contributed by atoms with Gasteiger partial charge in [-0.1, -0.05) is 25.1 Å². The van der Waals surface area contributed by atoms with Crippen LogP contribution in [0, 0.1) is 0 Å². The van der Waals surface area contributed by atoms with Crippen molar-refractivity contribution in [2.75, 3.05) is 6.54 Å². The molecule has 3 aromatic rings. The molecule has 102 valence electrons. The largest absolute Gasteiger partial charge is 0.311 e. The maximum atomic E-state index is 4.37. The first-order valence-corrected chi connectivity index (χ1v) is 6.85. The molecule has 5 nitrogen and oxygen atoms in total. The number of nitrogens with zero attached hydrogens (tertiary/aromatic N) is 4. The summed E-state index contributed by atoms with van der Waals surface area (Å²) in [5.41, 5.74) is 1.98. The molecule has 0 fully saturated rings. The highest BCUT2D eigenvalue weighted by Gasteiger charge is 2.05. The Balaban J connectivity index is 1.84. The summed E-state index contributed by atoms with van der Waals surface area (Å²) in [6.45, 7) is 3.89. The normalized spacial score (nSPS) is 11.1. The van der Waals surface area contributed by atoms with E-state index in [4.69, 9.17) is 0 Å². The first-order chi connectivity index (χ1) is 9.88. The molecule has 5 heteroatoms. The molecule has 1 N–H and O–H groups in total. The molecule has 3 rings (SSSR count). The molecule has 0 aliphatic carbocycles. The third-order valence-corrected chi connectivity index (χ3v) is 3.13. The minimum absolute atomic E-state index is 0.741. The standard InChI is InChI=1S/C15H17N5/c1-2-9-16-11-13-7-8-15(19-18-13)20-14-6-4-3-5-12(14)10-17-20/h3-8,10,16H,2,9,11H2,1H3. The van der Waals surface area contributed by atoms with E-state index in [-0.39, 0.29) is 0 Å². The monoisotopic (exact) mass is 267 g/mol. The van der Waals surface area contributed by atoms with Crippen LogP contribution >= 0.6 is 0 Å². The highest BCUT2D eigenvalue weighted by atomic mass is 15.3. The molecule has 0 atom stereocenters. The molecular formula is C15H17N5. The zero-order valence-corrected chi connectivity index (χ0v) is 11.5. The van der Waals surface area contributed by atoms with E-state index >= 15 is 0 Å². The molecule has 0 bridgehead atoms. The Morgan fingerprint density at radius 2 is 2.00 bits per heavy atom. The highest BCUT2D eigenvalue weighted by molar-refractivity contribution is 5.79. The van der Waals surface area contributed by atoms with Gasteiger partial charge in [0, 0.05) is 11.9 Å². The van der Waals surface area contributed by atoms with Gasteiger partial charge in [0.2, 0.25) is 0 Å². The lowest BCUT2D eigenvalue weighted by Crippen LogP contribution is -2.15. The van der Waals surface area contributed by atoms with Gasteiger partial charge in [0.1, 0.15) is 0 Å². The van der Waals surface area contributed by atoms with Gasteiger partial charge in [0.15, 0.2) is 5.82 Å². The quantitative estimate of drug-likeness (QED) is 0.721. The number of nitrogens with one attached hydrogen (secondary N) is 1. The summed E-state index contributed by atoms with van der Waals surface area (Å²) in [6.07, 6.45) is 2.96.